The summed E-state index contributed by atoms with van der Waals surface area (Å²) in [5.41, 5.74) is 10.4. The van der Waals surface area contributed by atoms with E-state index in [0.717, 1.165) is 40.6 Å². The van der Waals surface area contributed by atoms with Crippen molar-refractivity contribution in [3.63, 3.8) is 0 Å². The summed E-state index contributed by atoms with van der Waals surface area (Å²) in [4.78, 5) is 13.1. The Morgan fingerprint density at radius 1 is 0.923 bits per heavy atom. The highest BCUT2D eigenvalue weighted by Gasteiger charge is 2.16. The maximum Gasteiger partial charge on any atom is 0.251 e. The number of carbonyl (C=O) groups is 1. The van der Waals surface area contributed by atoms with Crippen LogP contribution in [-0.2, 0) is 13.0 Å². The van der Waals surface area contributed by atoms with Gasteiger partial charge in [-0.15, -0.1) is 0 Å². The molecule has 0 radical (unpaired) electrons. The topological polar surface area (TPSA) is 57.8 Å². The molecule has 0 saturated carbocycles. The Morgan fingerprint density at radius 2 is 1.62 bits per heavy atom. The highest BCUT2D eigenvalue weighted by atomic mass is 16.1. The van der Waals surface area contributed by atoms with Crippen LogP contribution in [0.4, 0.5) is 0 Å². The van der Waals surface area contributed by atoms with Crippen molar-refractivity contribution in [1.29, 1.82) is 5.26 Å². The van der Waals surface area contributed by atoms with Gasteiger partial charge in [-0.1, -0.05) is 73.7 Å². The molecular weight excluding hydrogens is 478 g/mol. The smallest absolute Gasteiger partial charge is 0.251 e. The molecule has 0 spiro atoms. The zero-order valence-electron chi connectivity index (χ0n) is 23.0. The quantitative estimate of drug-likeness (QED) is 0.241. The second kappa shape index (κ2) is 11.0. The number of fused-ring (bicyclic) bond motifs is 1. The molecule has 5 rings (SSSR count). The van der Waals surface area contributed by atoms with Gasteiger partial charge in [0.05, 0.1) is 17.7 Å². The van der Waals surface area contributed by atoms with E-state index in [1.165, 1.54) is 22.4 Å². The first-order chi connectivity index (χ1) is 18.9. The van der Waals surface area contributed by atoms with Gasteiger partial charge in [0.15, 0.2) is 0 Å². The first kappa shape index (κ1) is 26.0. The van der Waals surface area contributed by atoms with Crippen molar-refractivity contribution in [2.45, 2.75) is 46.7 Å². The van der Waals surface area contributed by atoms with E-state index in [-0.39, 0.29) is 11.9 Å². The highest BCUT2D eigenvalue weighted by Crippen LogP contribution is 2.29. The van der Waals surface area contributed by atoms with Crippen LogP contribution < -0.4 is 5.32 Å². The molecule has 1 N–H and O–H groups in total. The van der Waals surface area contributed by atoms with Gasteiger partial charge in [0.1, 0.15) is 0 Å². The van der Waals surface area contributed by atoms with Crippen LogP contribution >= 0.6 is 0 Å². The van der Waals surface area contributed by atoms with Gasteiger partial charge in [-0.05, 0) is 84.8 Å². The number of benzene rings is 4. The van der Waals surface area contributed by atoms with Gasteiger partial charge in [-0.2, -0.15) is 5.26 Å². The number of hydrogen-bond donors (Lipinski definition) is 1. The minimum Gasteiger partial charge on any atom is -0.346 e. The zero-order valence-corrected chi connectivity index (χ0v) is 23.0. The molecule has 4 heteroatoms. The molecule has 0 saturated heterocycles. The molecule has 0 fully saturated rings. The summed E-state index contributed by atoms with van der Waals surface area (Å²) in [6.45, 7) is 9.14. The van der Waals surface area contributed by atoms with E-state index in [0.29, 0.717) is 11.1 Å². The molecule has 1 atom stereocenters. The molecule has 1 heterocycles. The van der Waals surface area contributed by atoms with Crippen LogP contribution in [-0.4, -0.2) is 10.5 Å². The van der Waals surface area contributed by atoms with Crippen LogP contribution in [0.1, 0.15) is 63.8 Å². The SMILES string of the molecule is CCc1ccc([C@H](C)NC(=O)c2ccc3c(c2)c(C)c(C)n3Cc2ccc(-c3ccccc3C#N)cc2)cc1. The zero-order chi connectivity index (χ0) is 27.5. The van der Waals surface area contributed by atoms with Gasteiger partial charge in [-0.25, -0.2) is 0 Å². The molecule has 0 aliphatic carbocycles. The Labute approximate surface area is 230 Å². The number of aromatic nitrogens is 1. The second-order valence-electron chi connectivity index (χ2n) is 10.2. The van der Waals surface area contributed by atoms with Gasteiger partial charge in [0, 0.05) is 28.7 Å². The Kier molecular flexibility index (Phi) is 7.34. The number of carbonyl (C=O) groups excluding carboxylic acids is 1. The number of nitrogens with one attached hydrogen (secondary N) is 1. The van der Waals surface area contributed by atoms with E-state index < -0.39 is 0 Å². The number of aryl methyl sites for hydroxylation is 2. The van der Waals surface area contributed by atoms with E-state index >= 15 is 0 Å². The molecular formula is C35H33N3O. The Hall–Kier alpha value is -4.62. The van der Waals surface area contributed by atoms with Crippen molar-refractivity contribution < 1.29 is 4.79 Å². The molecule has 194 valence electrons. The van der Waals surface area contributed by atoms with Gasteiger partial charge in [-0.3, -0.25) is 4.79 Å². The summed E-state index contributed by atoms with van der Waals surface area (Å²) in [5, 5.41) is 13.7. The van der Waals surface area contributed by atoms with Crippen LogP contribution in [0.15, 0.2) is 91.0 Å². The second-order valence-corrected chi connectivity index (χ2v) is 10.2. The molecule has 39 heavy (non-hydrogen) atoms. The number of nitriles is 1. The van der Waals surface area contributed by atoms with E-state index in [1.807, 2.05) is 43.3 Å². The first-order valence-electron chi connectivity index (χ1n) is 13.5. The van der Waals surface area contributed by atoms with Crippen LogP contribution in [0.3, 0.4) is 0 Å². The molecule has 1 aromatic heterocycles. The average Bonchev–Trinajstić information content (AvgIpc) is 3.21. The van der Waals surface area contributed by atoms with E-state index in [1.54, 1.807) is 0 Å². The summed E-state index contributed by atoms with van der Waals surface area (Å²) in [5.74, 6) is -0.0676. The summed E-state index contributed by atoms with van der Waals surface area (Å²) < 4.78 is 2.31. The van der Waals surface area contributed by atoms with E-state index in [9.17, 15) is 10.1 Å². The number of amides is 1. The summed E-state index contributed by atoms with van der Waals surface area (Å²) >= 11 is 0. The molecule has 1 amide bonds. The van der Waals surface area contributed by atoms with E-state index in [2.05, 4.69) is 91.3 Å². The maximum atomic E-state index is 13.1. The lowest BCUT2D eigenvalue weighted by atomic mass is 9.99. The van der Waals surface area contributed by atoms with Crippen LogP contribution in [0.2, 0.25) is 0 Å². The van der Waals surface area contributed by atoms with Gasteiger partial charge >= 0.3 is 0 Å². The van der Waals surface area contributed by atoms with E-state index in [4.69, 9.17) is 0 Å². The Bertz CT molecular complexity index is 1690. The fourth-order valence-corrected chi connectivity index (χ4v) is 5.20. The van der Waals surface area contributed by atoms with Crippen molar-refractivity contribution in [3.05, 3.63) is 130 Å². The predicted octanol–water partition coefficient (Wildman–Crippen LogP) is 7.90. The highest BCUT2D eigenvalue weighted by molar-refractivity contribution is 5.99. The molecule has 0 aliphatic rings. The van der Waals surface area contributed by atoms with Gasteiger partial charge < -0.3 is 9.88 Å². The fraction of sp³-hybridized carbons (Fsp3) is 0.200. The number of nitrogens with zero attached hydrogens (tertiary/aromatic N) is 2. The Morgan fingerprint density at radius 3 is 2.31 bits per heavy atom. The first-order valence-corrected chi connectivity index (χ1v) is 13.5. The number of hydrogen-bond acceptors (Lipinski definition) is 2. The molecule has 0 bridgehead atoms. The third-order valence-electron chi connectivity index (χ3n) is 7.79. The lowest BCUT2D eigenvalue weighted by Crippen LogP contribution is -2.26. The third kappa shape index (κ3) is 5.22. The number of rotatable bonds is 7. The summed E-state index contributed by atoms with van der Waals surface area (Å²) in [6, 6.07) is 32.7. The van der Waals surface area contributed by atoms with Gasteiger partial charge in [0.25, 0.3) is 5.91 Å². The maximum absolute atomic E-state index is 13.1. The van der Waals surface area contributed by atoms with Crippen molar-refractivity contribution in [2.24, 2.45) is 0 Å². The Balaban J connectivity index is 1.37. The molecule has 4 nitrogen and oxygen atoms in total. The monoisotopic (exact) mass is 511 g/mol. The van der Waals surface area contributed by atoms with Crippen molar-refractivity contribution >= 4 is 16.8 Å². The largest absolute Gasteiger partial charge is 0.346 e. The molecule has 0 unspecified atom stereocenters. The summed E-state index contributed by atoms with van der Waals surface area (Å²) in [6.07, 6.45) is 1.00. The lowest BCUT2D eigenvalue weighted by Gasteiger charge is -2.15. The van der Waals surface area contributed by atoms with Gasteiger partial charge in [0.2, 0.25) is 0 Å². The summed E-state index contributed by atoms with van der Waals surface area (Å²) in [7, 11) is 0. The van der Waals surface area contributed by atoms with Crippen LogP contribution in [0, 0.1) is 25.2 Å². The molecule has 4 aromatic carbocycles. The minimum atomic E-state index is -0.0744. The van der Waals surface area contributed by atoms with Crippen LogP contribution in [0.25, 0.3) is 22.0 Å². The molecule has 0 aliphatic heterocycles. The molecule has 5 aromatic rings. The van der Waals surface area contributed by atoms with Crippen LogP contribution in [0.5, 0.6) is 0 Å². The van der Waals surface area contributed by atoms with Crippen molar-refractivity contribution in [3.8, 4) is 17.2 Å². The fourth-order valence-electron chi connectivity index (χ4n) is 5.20. The third-order valence-corrected chi connectivity index (χ3v) is 7.79. The standard InChI is InChI=1S/C35H33N3O/c1-5-26-10-14-28(15-11-26)24(3)37-35(39)30-18-19-34-33(20-30)23(2)25(4)38(34)22-27-12-16-29(17-13-27)32-9-7-6-8-31(32)21-36/h6-20,24H,5,22H2,1-4H3,(H,37,39)/t24-/m0/s1. The predicted molar refractivity (Wildman–Crippen MR) is 159 cm³/mol. The lowest BCUT2D eigenvalue weighted by molar-refractivity contribution is 0.0940. The average molecular weight is 512 g/mol. The van der Waals surface area contributed by atoms with Crippen molar-refractivity contribution in [2.75, 3.05) is 0 Å². The van der Waals surface area contributed by atoms with Crippen molar-refractivity contribution in [1.82, 2.24) is 9.88 Å². The normalized spacial score (nSPS) is 11.8. The minimum absolute atomic E-state index is 0.0676.